The zero-order valence-electron chi connectivity index (χ0n) is 10.5. The van der Waals surface area contributed by atoms with Crippen LogP contribution in [0.4, 0.5) is 4.39 Å². The number of aromatic nitrogens is 3. The van der Waals surface area contributed by atoms with Crippen molar-refractivity contribution in [2.24, 2.45) is 0 Å². The molecular weight excluding hydrogens is 233 g/mol. The van der Waals surface area contributed by atoms with E-state index in [0.29, 0.717) is 24.2 Å². The average Bonchev–Trinajstić information content (AvgIpc) is 2.77. The van der Waals surface area contributed by atoms with Crippen LogP contribution in [0.2, 0.25) is 0 Å². The molecule has 0 amide bonds. The van der Waals surface area contributed by atoms with Crippen molar-refractivity contribution in [3.63, 3.8) is 0 Å². The van der Waals surface area contributed by atoms with E-state index >= 15 is 0 Å². The van der Waals surface area contributed by atoms with Gasteiger partial charge in [-0.3, -0.25) is 0 Å². The smallest absolute Gasteiger partial charge is 0.148 e. The van der Waals surface area contributed by atoms with Crippen LogP contribution in [0.3, 0.4) is 0 Å². The number of benzene rings is 1. The second-order valence-electron chi connectivity index (χ2n) is 4.63. The summed E-state index contributed by atoms with van der Waals surface area (Å²) >= 11 is 0. The summed E-state index contributed by atoms with van der Waals surface area (Å²) in [7, 11) is 0. The lowest BCUT2D eigenvalue weighted by Gasteiger charge is -2.18. The molecule has 1 N–H and O–H groups in total. The van der Waals surface area contributed by atoms with Crippen LogP contribution in [0.5, 0.6) is 0 Å². The third-order valence-corrected chi connectivity index (χ3v) is 2.96. The Labute approximate surface area is 105 Å². The van der Waals surface area contributed by atoms with Gasteiger partial charge in [-0.25, -0.2) is 9.07 Å². The van der Waals surface area contributed by atoms with E-state index < -0.39 is 5.60 Å². The molecule has 5 heteroatoms. The molecule has 2 rings (SSSR count). The maximum Gasteiger partial charge on any atom is 0.148 e. The Balaban J connectivity index is 2.24. The molecule has 0 radical (unpaired) electrons. The highest BCUT2D eigenvalue weighted by molar-refractivity contribution is 5.32. The maximum atomic E-state index is 13.6. The first-order valence-electron chi connectivity index (χ1n) is 5.90. The maximum absolute atomic E-state index is 13.6. The Morgan fingerprint density at radius 2 is 2.11 bits per heavy atom. The Morgan fingerprint density at radius 3 is 2.78 bits per heavy atom. The Morgan fingerprint density at radius 1 is 1.39 bits per heavy atom. The fourth-order valence-electron chi connectivity index (χ4n) is 1.65. The molecule has 2 aromatic rings. The molecule has 0 aliphatic carbocycles. The molecular formula is C13H16FN3O. The number of hydrogen-bond donors (Lipinski definition) is 1. The van der Waals surface area contributed by atoms with Crippen molar-refractivity contribution >= 4 is 0 Å². The van der Waals surface area contributed by atoms with E-state index in [0.717, 1.165) is 0 Å². The van der Waals surface area contributed by atoms with E-state index in [1.54, 1.807) is 31.3 Å². The van der Waals surface area contributed by atoms with Crippen LogP contribution in [-0.4, -0.2) is 25.7 Å². The first kappa shape index (κ1) is 12.7. The molecule has 0 spiro atoms. The lowest BCUT2D eigenvalue weighted by molar-refractivity contribution is 0.0554. The third-order valence-electron chi connectivity index (χ3n) is 2.96. The summed E-state index contributed by atoms with van der Waals surface area (Å²) in [4.78, 5) is 0. The van der Waals surface area contributed by atoms with Gasteiger partial charge in [0.05, 0.1) is 17.5 Å². The molecule has 0 bridgehead atoms. The first-order valence-corrected chi connectivity index (χ1v) is 5.90. The molecule has 96 valence electrons. The van der Waals surface area contributed by atoms with Gasteiger partial charge in [0.25, 0.3) is 0 Å². The van der Waals surface area contributed by atoms with Gasteiger partial charge in [-0.2, -0.15) is 0 Å². The minimum Gasteiger partial charge on any atom is -0.390 e. The van der Waals surface area contributed by atoms with Gasteiger partial charge < -0.3 is 5.11 Å². The number of rotatable bonds is 4. The van der Waals surface area contributed by atoms with Crippen LogP contribution in [0, 0.1) is 5.82 Å². The molecule has 0 saturated heterocycles. The largest absolute Gasteiger partial charge is 0.390 e. The molecule has 0 fully saturated rings. The van der Waals surface area contributed by atoms with Crippen LogP contribution >= 0.6 is 0 Å². The van der Waals surface area contributed by atoms with Crippen molar-refractivity contribution in [3.8, 4) is 5.69 Å². The highest BCUT2D eigenvalue weighted by atomic mass is 19.1. The lowest BCUT2D eigenvalue weighted by Crippen LogP contribution is -2.25. The van der Waals surface area contributed by atoms with Gasteiger partial charge in [0, 0.05) is 6.42 Å². The fraction of sp³-hybridized carbons (Fsp3) is 0.385. The van der Waals surface area contributed by atoms with Gasteiger partial charge in [0.15, 0.2) is 0 Å². The molecule has 18 heavy (non-hydrogen) atoms. The predicted molar refractivity (Wildman–Crippen MR) is 65.9 cm³/mol. The van der Waals surface area contributed by atoms with Gasteiger partial charge in [-0.15, -0.1) is 5.10 Å². The molecule has 0 aliphatic rings. The second-order valence-corrected chi connectivity index (χ2v) is 4.63. The lowest BCUT2D eigenvalue weighted by atomic mass is 9.98. The summed E-state index contributed by atoms with van der Waals surface area (Å²) in [5.41, 5.74) is 0.188. The molecule has 4 nitrogen and oxygen atoms in total. The standard InChI is InChI=1S/C13H16FN3O/c1-3-13(2,18)8-10-9-17(16-15-10)12-7-5-4-6-11(12)14/h4-7,9,18H,3,8H2,1-2H3. The van der Waals surface area contributed by atoms with Gasteiger partial charge in [-0.1, -0.05) is 24.3 Å². The van der Waals surface area contributed by atoms with E-state index in [4.69, 9.17) is 0 Å². The molecule has 1 atom stereocenters. The zero-order chi connectivity index (χ0) is 13.2. The van der Waals surface area contributed by atoms with Crippen LogP contribution in [0.1, 0.15) is 26.0 Å². The summed E-state index contributed by atoms with van der Waals surface area (Å²) in [5.74, 6) is -0.351. The van der Waals surface area contributed by atoms with E-state index in [-0.39, 0.29) is 5.82 Å². The van der Waals surface area contributed by atoms with Gasteiger partial charge in [-0.05, 0) is 25.5 Å². The van der Waals surface area contributed by atoms with Gasteiger partial charge >= 0.3 is 0 Å². The van der Waals surface area contributed by atoms with E-state index in [9.17, 15) is 9.50 Å². The normalized spacial score (nSPS) is 14.4. The number of halogens is 1. The summed E-state index contributed by atoms with van der Waals surface area (Å²) in [6.45, 7) is 3.65. The molecule has 1 unspecified atom stereocenters. The Hall–Kier alpha value is -1.75. The minimum atomic E-state index is -0.809. The molecule has 1 aromatic carbocycles. The van der Waals surface area contributed by atoms with Crippen molar-refractivity contribution in [3.05, 3.63) is 42.0 Å². The van der Waals surface area contributed by atoms with Crippen molar-refractivity contribution < 1.29 is 9.50 Å². The quantitative estimate of drug-likeness (QED) is 0.902. The summed E-state index contributed by atoms with van der Waals surface area (Å²) in [6, 6.07) is 6.37. The monoisotopic (exact) mass is 249 g/mol. The van der Waals surface area contributed by atoms with Gasteiger partial charge in [0.1, 0.15) is 11.5 Å². The van der Waals surface area contributed by atoms with Crippen LogP contribution in [-0.2, 0) is 6.42 Å². The van der Waals surface area contributed by atoms with E-state index in [2.05, 4.69) is 10.3 Å². The Bertz CT molecular complexity index is 537. The first-order chi connectivity index (χ1) is 8.52. The highest BCUT2D eigenvalue weighted by Gasteiger charge is 2.20. The second kappa shape index (κ2) is 4.86. The zero-order valence-corrected chi connectivity index (χ0v) is 10.5. The minimum absolute atomic E-state index is 0.351. The summed E-state index contributed by atoms with van der Waals surface area (Å²) in [5, 5.41) is 17.8. The van der Waals surface area contributed by atoms with E-state index in [1.165, 1.54) is 10.7 Å². The number of nitrogens with zero attached hydrogens (tertiary/aromatic N) is 3. The highest BCUT2D eigenvalue weighted by Crippen LogP contribution is 2.16. The molecule has 1 aromatic heterocycles. The number of para-hydroxylation sites is 1. The van der Waals surface area contributed by atoms with Crippen molar-refractivity contribution in [2.75, 3.05) is 0 Å². The molecule has 0 aliphatic heterocycles. The van der Waals surface area contributed by atoms with Crippen molar-refractivity contribution in [2.45, 2.75) is 32.3 Å². The molecule has 1 heterocycles. The topological polar surface area (TPSA) is 50.9 Å². The third kappa shape index (κ3) is 2.73. The number of aliphatic hydroxyl groups is 1. The van der Waals surface area contributed by atoms with Crippen LogP contribution < -0.4 is 0 Å². The van der Waals surface area contributed by atoms with Gasteiger partial charge in [0.2, 0.25) is 0 Å². The fourth-order valence-corrected chi connectivity index (χ4v) is 1.65. The predicted octanol–water partition coefficient (Wildman–Crippen LogP) is 2.11. The van der Waals surface area contributed by atoms with Crippen LogP contribution in [0.15, 0.2) is 30.5 Å². The molecule has 0 saturated carbocycles. The van der Waals surface area contributed by atoms with E-state index in [1.807, 2.05) is 6.92 Å². The number of hydrogen-bond acceptors (Lipinski definition) is 3. The summed E-state index contributed by atoms with van der Waals surface area (Å²) in [6.07, 6.45) is 2.67. The average molecular weight is 249 g/mol. The summed E-state index contributed by atoms with van der Waals surface area (Å²) < 4.78 is 14.9. The van der Waals surface area contributed by atoms with Crippen molar-refractivity contribution in [1.29, 1.82) is 0 Å². The Kier molecular flexibility index (Phi) is 3.43. The van der Waals surface area contributed by atoms with Crippen LogP contribution in [0.25, 0.3) is 5.69 Å². The SMILES string of the molecule is CCC(C)(O)Cc1cn(-c2ccccc2F)nn1. The van der Waals surface area contributed by atoms with Crippen molar-refractivity contribution in [1.82, 2.24) is 15.0 Å².